The van der Waals surface area contributed by atoms with E-state index in [0.29, 0.717) is 5.88 Å². The predicted octanol–water partition coefficient (Wildman–Crippen LogP) is 2.73. The highest BCUT2D eigenvalue weighted by molar-refractivity contribution is 5.54. The van der Waals surface area contributed by atoms with Crippen LogP contribution in [0.15, 0.2) is 30.3 Å². The minimum absolute atomic E-state index is 0.363. The van der Waals surface area contributed by atoms with E-state index in [1.54, 1.807) is 13.1 Å². The number of hydrogen-bond donors (Lipinski definition) is 0. The lowest BCUT2D eigenvalue weighted by Crippen LogP contribution is -1.75. The van der Waals surface area contributed by atoms with Gasteiger partial charge in [0.2, 0.25) is 5.88 Å². The standard InChI is InChI=1S/C6H9NO.C2H6/c1-4-7-6(3)8-5-2;1-2/h4-5H,2-3H2,1H3;1-2H3/b7-4-;. The number of ether oxygens (including phenoxy) is 1. The largest absolute Gasteiger partial charge is 0.448 e. The van der Waals surface area contributed by atoms with Crippen LogP contribution >= 0.6 is 0 Å². The van der Waals surface area contributed by atoms with Gasteiger partial charge in [-0.15, -0.1) is 0 Å². The van der Waals surface area contributed by atoms with Crippen molar-refractivity contribution in [3.8, 4) is 0 Å². The molecule has 0 saturated heterocycles. The molecule has 0 aromatic rings. The predicted molar refractivity (Wildman–Crippen MR) is 45.9 cm³/mol. The molecule has 10 heavy (non-hydrogen) atoms. The van der Waals surface area contributed by atoms with Gasteiger partial charge in [0.15, 0.2) is 0 Å². The molecular formula is C8H15NO. The van der Waals surface area contributed by atoms with Gasteiger partial charge < -0.3 is 4.74 Å². The monoisotopic (exact) mass is 141 g/mol. The van der Waals surface area contributed by atoms with Crippen molar-refractivity contribution in [2.24, 2.45) is 4.99 Å². The second-order valence-corrected chi connectivity index (χ2v) is 1.07. The summed E-state index contributed by atoms with van der Waals surface area (Å²) in [7, 11) is 0. The molecule has 0 fully saturated rings. The fourth-order valence-electron chi connectivity index (χ4n) is 0.271. The first-order chi connectivity index (χ1) is 4.81. The van der Waals surface area contributed by atoms with Crippen molar-refractivity contribution in [3.63, 3.8) is 0 Å². The lowest BCUT2D eigenvalue weighted by molar-refractivity contribution is 0.352. The van der Waals surface area contributed by atoms with Crippen molar-refractivity contribution in [1.29, 1.82) is 0 Å². The molecule has 0 bridgehead atoms. The maximum atomic E-state index is 4.65. The Kier molecular flexibility index (Phi) is 12.7. The lowest BCUT2D eigenvalue weighted by atomic mass is 10.8. The van der Waals surface area contributed by atoms with Gasteiger partial charge in [0.1, 0.15) is 0 Å². The zero-order chi connectivity index (χ0) is 8.41. The molecule has 0 N–H and O–H groups in total. The molecule has 0 aromatic carbocycles. The van der Waals surface area contributed by atoms with E-state index in [2.05, 4.69) is 22.9 Å². The van der Waals surface area contributed by atoms with Crippen LogP contribution < -0.4 is 0 Å². The van der Waals surface area contributed by atoms with Crippen LogP contribution in [0.1, 0.15) is 20.8 Å². The molecule has 0 heterocycles. The average Bonchev–Trinajstić information content (AvgIpc) is 1.93. The van der Waals surface area contributed by atoms with Crippen LogP contribution in [-0.4, -0.2) is 6.21 Å². The fourth-order valence-corrected chi connectivity index (χ4v) is 0.271. The molecule has 0 amide bonds. The molecule has 0 radical (unpaired) electrons. The van der Waals surface area contributed by atoms with Crippen LogP contribution in [0.3, 0.4) is 0 Å². The Balaban J connectivity index is 0. The first-order valence-electron chi connectivity index (χ1n) is 3.26. The average molecular weight is 141 g/mol. The minimum Gasteiger partial charge on any atom is -0.448 e. The zero-order valence-electron chi connectivity index (χ0n) is 6.92. The normalized spacial score (nSPS) is 7.90. The SMILES string of the molecule is C=COC(=C)/N=C\C.CC. The molecule has 0 saturated carbocycles. The minimum atomic E-state index is 0.363. The zero-order valence-corrected chi connectivity index (χ0v) is 6.92. The van der Waals surface area contributed by atoms with Gasteiger partial charge in [-0.3, -0.25) is 0 Å². The van der Waals surface area contributed by atoms with Crippen molar-refractivity contribution in [2.75, 3.05) is 0 Å². The summed E-state index contributed by atoms with van der Waals surface area (Å²) in [6, 6.07) is 0. The van der Waals surface area contributed by atoms with E-state index in [0.717, 1.165) is 0 Å². The van der Waals surface area contributed by atoms with Crippen LogP contribution in [0.5, 0.6) is 0 Å². The van der Waals surface area contributed by atoms with Crippen molar-refractivity contribution in [1.82, 2.24) is 0 Å². The van der Waals surface area contributed by atoms with Crippen molar-refractivity contribution >= 4 is 6.21 Å². The first-order valence-corrected chi connectivity index (χ1v) is 3.26. The third kappa shape index (κ3) is 10.0. The van der Waals surface area contributed by atoms with E-state index in [-0.39, 0.29) is 0 Å². The van der Waals surface area contributed by atoms with Gasteiger partial charge in [-0.05, 0) is 13.5 Å². The second-order valence-electron chi connectivity index (χ2n) is 1.07. The Morgan fingerprint density at radius 3 is 2.30 bits per heavy atom. The summed E-state index contributed by atoms with van der Waals surface area (Å²) in [4.78, 5) is 3.70. The summed E-state index contributed by atoms with van der Waals surface area (Å²) in [5, 5.41) is 0. The molecular weight excluding hydrogens is 126 g/mol. The number of hydrogen-bond acceptors (Lipinski definition) is 2. The molecule has 0 aliphatic carbocycles. The fraction of sp³-hybridized carbons (Fsp3) is 0.375. The maximum absolute atomic E-state index is 4.65. The van der Waals surface area contributed by atoms with Crippen LogP contribution in [0, 0.1) is 0 Å². The molecule has 0 aliphatic rings. The molecule has 0 aromatic heterocycles. The van der Waals surface area contributed by atoms with Crippen LogP contribution in [0.25, 0.3) is 0 Å². The van der Waals surface area contributed by atoms with Gasteiger partial charge in [-0.2, -0.15) is 0 Å². The third-order valence-electron chi connectivity index (χ3n) is 0.492. The molecule has 58 valence electrons. The maximum Gasteiger partial charge on any atom is 0.210 e. The molecule has 0 rings (SSSR count). The summed E-state index contributed by atoms with van der Waals surface area (Å²) in [6.07, 6.45) is 2.89. The van der Waals surface area contributed by atoms with E-state index >= 15 is 0 Å². The highest BCUT2D eigenvalue weighted by Crippen LogP contribution is 1.92. The Morgan fingerprint density at radius 2 is 2.00 bits per heavy atom. The van der Waals surface area contributed by atoms with Gasteiger partial charge in [0.05, 0.1) is 6.26 Å². The second kappa shape index (κ2) is 10.8. The molecule has 0 unspecified atom stereocenters. The Labute approximate surface area is 62.9 Å². The van der Waals surface area contributed by atoms with Gasteiger partial charge in [-0.1, -0.05) is 20.4 Å². The Bertz CT molecular complexity index is 116. The summed E-state index contributed by atoms with van der Waals surface area (Å²) in [5.41, 5.74) is 0. The number of nitrogens with zero attached hydrogens (tertiary/aromatic N) is 1. The van der Waals surface area contributed by atoms with E-state index in [9.17, 15) is 0 Å². The summed E-state index contributed by atoms with van der Waals surface area (Å²) in [5.74, 6) is 0.363. The van der Waals surface area contributed by atoms with Crippen molar-refractivity contribution in [3.05, 3.63) is 25.3 Å². The summed E-state index contributed by atoms with van der Waals surface area (Å²) in [6.45, 7) is 12.6. The number of rotatable bonds is 3. The Hall–Kier alpha value is -1.05. The molecule has 0 spiro atoms. The van der Waals surface area contributed by atoms with Crippen molar-refractivity contribution < 1.29 is 4.74 Å². The highest BCUT2D eigenvalue weighted by atomic mass is 16.5. The van der Waals surface area contributed by atoms with Crippen LogP contribution in [0.2, 0.25) is 0 Å². The van der Waals surface area contributed by atoms with Gasteiger partial charge in [0, 0.05) is 6.21 Å². The third-order valence-corrected chi connectivity index (χ3v) is 0.492. The van der Waals surface area contributed by atoms with Crippen molar-refractivity contribution in [2.45, 2.75) is 20.8 Å². The van der Waals surface area contributed by atoms with E-state index in [4.69, 9.17) is 0 Å². The lowest BCUT2D eigenvalue weighted by Gasteiger charge is -1.92. The van der Waals surface area contributed by atoms with Crippen LogP contribution in [0.4, 0.5) is 0 Å². The molecule has 0 aliphatic heterocycles. The smallest absolute Gasteiger partial charge is 0.210 e. The Morgan fingerprint density at radius 1 is 1.50 bits per heavy atom. The van der Waals surface area contributed by atoms with E-state index < -0.39 is 0 Å². The highest BCUT2D eigenvalue weighted by Gasteiger charge is 1.78. The molecule has 2 heteroatoms. The summed E-state index contributed by atoms with van der Waals surface area (Å²) < 4.78 is 4.65. The molecule has 0 atom stereocenters. The van der Waals surface area contributed by atoms with Crippen LogP contribution in [-0.2, 0) is 4.74 Å². The van der Waals surface area contributed by atoms with Gasteiger partial charge >= 0.3 is 0 Å². The number of aliphatic imine (C=N–C) groups is 1. The summed E-state index contributed by atoms with van der Waals surface area (Å²) >= 11 is 0. The topological polar surface area (TPSA) is 21.6 Å². The van der Waals surface area contributed by atoms with Gasteiger partial charge in [0.25, 0.3) is 0 Å². The quantitative estimate of drug-likeness (QED) is 0.437. The van der Waals surface area contributed by atoms with Gasteiger partial charge in [-0.25, -0.2) is 4.99 Å². The van der Waals surface area contributed by atoms with E-state index in [1.807, 2.05) is 13.8 Å². The van der Waals surface area contributed by atoms with E-state index in [1.165, 1.54) is 6.26 Å². The molecule has 2 nitrogen and oxygen atoms in total. The first kappa shape index (κ1) is 11.7.